The van der Waals surface area contributed by atoms with E-state index in [1.165, 1.54) is 45.2 Å². The molecular weight excluding hydrogens is 224 g/mol. The van der Waals surface area contributed by atoms with Crippen LogP contribution in [0.3, 0.4) is 0 Å². The van der Waals surface area contributed by atoms with Crippen LogP contribution >= 0.6 is 0 Å². The molecule has 0 radical (unpaired) electrons. The Morgan fingerprint density at radius 2 is 1.78 bits per heavy atom. The molecule has 0 aromatic carbocycles. The summed E-state index contributed by atoms with van der Waals surface area (Å²) in [5, 5.41) is 3.45. The molecule has 0 spiro atoms. The van der Waals surface area contributed by atoms with Gasteiger partial charge in [-0.25, -0.2) is 0 Å². The predicted molar refractivity (Wildman–Crippen MR) is 80.2 cm³/mol. The highest BCUT2D eigenvalue weighted by molar-refractivity contribution is 4.65. The highest BCUT2D eigenvalue weighted by Gasteiger charge is 2.10. The van der Waals surface area contributed by atoms with Crippen LogP contribution in [0.1, 0.15) is 52.9 Å². The molecule has 0 aromatic heterocycles. The summed E-state index contributed by atoms with van der Waals surface area (Å²) in [4.78, 5) is 2.51. The van der Waals surface area contributed by atoms with Gasteiger partial charge in [-0.15, -0.1) is 0 Å². The van der Waals surface area contributed by atoms with Crippen molar-refractivity contribution in [2.24, 2.45) is 0 Å². The fourth-order valence-electron chi connectivity index (χ4n) is 2.26. The summed E-state index contributed by atoms with van der Waals surface area (Å²) >= 11 is 0. The molecule has 0 aromatic rings. The van der Waals surface area contributed by atoms with Gasteiger partial charge in [0.2, 0.25) is 0 Å². The van der Waals surface area contributed by atoms with Gasteiger partial charge in [-0.3, -0.25) is 4.90 Å². The minimum absolute atomic E-state index is 0.547. The van der Waals surface area contributed by atoms with E-state index < -0.39 is 0 Å². The van der Waals surface area contributed by atoms with Gasteiger partial charge in [0.1, 0.15) is 0 Å². The lowest BCUT2D eigenvalue weighted by atomic mass is 10.1. The van der Waals surface area contributed by atoms with Crippen molar-refractivity contribution in [2.45, 2.75) is 58.9 Å². The molecule has 1 atom stereocenters. The van der Waals surface area contributed by atoms with Gasteiger partial charge >= 0.3 is 0 Å². The van der Waals surface area contributed by atoms with E-state index in [0.717, 1.165) is 19.7 Å². The average Bonchev–Trinajstić information content (AvgIpc) is 2.37. The number of likely N-dealkylation sites (N-methyl/N-ethyl adjacent to an activating group) is 1. The smallest absolute Gasteiger partial charge is 0.0615 e. The van der Waals surface area contributed by atoms with Gasteiger partial charge in [-0.2, -0.15) is 0 Å². The fraction of sp³-hybridized carbons (Fsp3) is 1.00. The van der Waals surface area contributed by atoms with Crippen LogP contribution < -0.4 is 5.32 Å². The lowest BCUT2D eigenvalue weighted by Gasteiger charge is -2.27. The normalized spacial score (nSPS) is 13.2. The Balaban J connectivity index is 3.39. The third-order valence-corrected chi connectivity index (χ3v) is 3.41. The number of unbranched alkanes of at least 4 members (excludes halogenated alkanes) is 3. The molecule has 3 nitrogen and oxygen atoms in total. The number of hydrogen-bond acceptors (Lipinski definition) is 3. The van der Waals surface area contributed by atoms with Crippen molar-refractivity contribution in [3.8, 4) is 0 Å². The van der Waals surface area contributed by atoms with Crippen LogP contribution in [0.4, 0.5) is 0 Å². The number of hydrogen-bond donors (Lipinski definition) is 1. The number of ether oxygens (including phenoxy) is 1. The zero-order valence-electron chi connectivity index (χ0n) is 13.0. The van der Waals surface area contributed by atoms with Crippen molar-refractivity contribution in [1.82, 2.24) is 10.2 Å². The van der Waals surface area contributed by atoms with Crippen molar-refractivity contribution < 1.29 is 4.74 Å². The maximum Gasteiger partial charge on any atom is 0.0615 e. The third-order valence-electron chi connectivity index (χ3n) is 3.41. The molecule has 110 valence electrons. The molecule has 0 saturated carbocycles. The van der Waals surface area contributed by atoms with Crippen molar-refractivity contribution in [2.75, 3.05) is 39.9 Å². The van der Waals surface area contributed by atoms with Crippen LogP contribution in [0, 0.1) is 0 Å². The van der Waals surface area contributed by atoms with E-state index in [1.54, 1.807) is 7.11 Å². The van der Waals surface area contributed by atoms with Gasteiger partial charge in [0, 0.05) is 13.2 Å². The van der Waals surface area contributed by atoms with Gasteiger partial charge in [-0.05, 0) is 52.4 Å². The summed E-state index contributed by atoms with van der Waals surface area (Å²) in [6.07, 6.45) is 6.58. The average molecular weight is 258 g/mol. The minimum atomic E-state index is 0.547. The molecule has 0 aliphatic carbocycles. The monoisotopic (exact) mass is 258 g/mol. The molecule has 18 heavy (non-hydrogen) atoms. The molecule has 0 rings (SSSR count). The zero-order chi connectivity index (χ0) is 13.6. The quantitative estimate of drug-likeness (QED) is 0.514. The molecule has 0 fully saturated rings. The van der Waals surface area contributed by atoms with E-state index in [4.69, 9.17) is 4.74 Å². The van der Waals surface area contributed by atoms with Crippen LogP contribution in [0.25, 0.3) is 0 Å². The number of rotatable bonds is 13. The second kappa shape index (κ2) is 13.3. The summed E-state index contributed by atoms with van der Waals surface area (Å²) in [6, 6.07) is 0.547. The molecule has 0 aliphatic rings. The lowest BCUT2D eigenvalue weighted by molar-refractivity contribution is 0.101. The van der Waals surface area contributed by atoms with Gasteiger partial charge in [0.15, 0.2) is 0 Å². The van der Waals surface area contributed by atoms with Crippen molar-refractivity contribution in [3.05, 3.63) is 0 Å². The maximum atomic E-state index is 5.22. The minimum Gasteiger partial charge on any atom is -0.383 e. The second-order valence-electron chi connectivity index (χ2n) is 5.10. The molecule has 0 saturated heterocycles. The molecule has 0 amide bonds. The summed E-state index contributed by atoms with van der Waals surface area (Å²) in [5.41, 5.74) is 0. The number of nitrogens with zero attached hydrogens (tertiary/aromatic N) is 1. The van der Waals surface area contributed by atoms with Crippen LogP contribution in [0.5, 0.6) is 0 Å². The van der Waals surface area contributed by atoms with E-state index in [2.05, 4.69) is 31.0 Å². The molecule has 3 heteroatoms. The topological polar surface area (TPSA) is 24.5 Å². The SMILES string of the molecule is CCCNCCCCCCN(CC)C(C)COC. The summed E-state index contributed by atoms with van der Waals surface area (Å²) < 4.78 is 5.22. The molecule has 0 bridgehead atoms. The Morgan fingerprint density at radius 3 is 2.39 bits per heavy atom. The molecular formula is C15H34N2O. The Bertz CT molecular complexity index is 165. The first-order valence-electron chi connectivity index (χ1n) is 7.69. The summed E-state index contributed by atoms with van der Waals surface area (Å²) in [6.45, 7) is 12.2. The van der Waals surface area contributed by atoms with Crippen LogP contribution in [0.15, 0.2) is 0 Å². The first-order valence-corrected chi connectivity index (χ1v) is 7.69. The number of nitrogens with one attached hydrogen (secondary N) is 1. The Morgan fingerprint density at radius 1 is 1.06 bits per heavy atom. The predicted octanol–water partition coefficient (Wildman–Crippen LogP) is 2.90. The van der Waals surface area contributed by atoms with Gasteiger partial charge < -0.3 is 10.1 Å². The number of methoxy groups -OCH3 is 1. The van der Waals surface area contributed by atoms with Crippen molar-refractivity contribution in [3.63, 3.8) is 0 Å². The van der Waals surface area contributed by atoms with E-state index in [0.29, 0.717) is 6.04 Å². The van der Waals surface area contributed by atoms with Crippen LogP contribution in [0.2, 0.25) is 0 Å². The van der Waals surface area contributed by atoms with Gasteiger partial charge in [-0.1, -0.05) is 26.7 Å². The summed E-state index contributed by atoms with van der Waals surface area (Å²) in [7, 11) is 1.79. The molecule has 1 unspecified atom stereocenters. The first-order chi connectivity index (χ1) is 8.76. The largest absolute Gasteiger partial charge is 0.383 e. The third kappa shape index (κ3) is 9.86. The standard InChI is InChI=1S/C15H34N2O/c1-5-11-16-12-9-7-8-10-13-17(6-2)15(3)14-18-4/h15-16H,5-14H2,1-4H3. The molecule has 0 heterocycles. The van der Waals surface area contributed by atoms with E-state index in [1.807, 2.05) is 0 Å². The van der Waals surface area contributed by atoms with Gasteiger partial charge in [0.25, 0.3) is 0 Å². The first kappa shape index (κ1) is 17.9. The Hall–Kier alpha value is -0.120. The fourth-order valence-corrected chi connectivity index (χ4v) is 2.26. The molecule has 0 aliphatic heterocycles. The highest BCUT2D eigenvalue weighted by atomic mass is 16.5. The van der Waals surface area contributed by atoms with E-state index >= 15 is 0 Å². The maximum absolute atomic E-state index is 5.22. The summed E-state index contributed by atoms with van der Waals surface area (Å²) in [5.74, 6) is 0. The van der Waals surface area contributed by atoms with Crippen molar-refractivity contribution >= 4 is 0 Å². The van der Waals surface area contributed by atoms with Crippen LogP contribution in [-0.2, 0) is 4.74 Å². The Labute approximate surface area is 114 Å². The van der Waals surface area contributed by atoms with Gasteiger partial charge in [0.05, 0.1) is 6.61 Å². The Kier molecular flexibility index (Phi) is 13.2. The van der Waals surface area contributed by atoms with Crippen molar-refractivity contribution in [1.29, 1.82) is 0 Å². The zero-order valence-corrected chi connectivity index (χ0v) is 13.0. The highest BCUT2D eigenvalue weighted by Crippen LogP contribution is 2.05. The second-order valence-corrected chi connectivity index (χ2v) is 5.10. The van der Waals surface area contributed by atoms with E-state index in [9.17, 15) is 0 Å². The molecule has 1 N–H and O–H groups in total. The van der Waals surface area contributed by atoms with E-state index in [-0.39, 0.29) is 0 Å². The lowest BCUT2D eigenvalue weighted by Crippen LogP contribution is -2.36. The van der Waals surface area contributed by atoms with Crippen LogP contribution in [-0.4, -0.2) is 50.8 Å².